The van der Waals surface area contributed by atoms with Crippen molar-refractivity contribution < 1.29 is 18.0 Å². The van der Waals surface area contributed by atoms with E-state index >= 15 is 0 Å². The number of carbonyl (C=O) groups excluding carboxylic acids is 1. The van der Waals surface area contributed by atoms with E-state index in [2.05, 4.69) is 4.90 Å². The molecule has 2 fully saturated rings. The van der Waals surface area contributed by atoms with Gasteiger partial charge >= 0.3 is 6.18 Å². The van der Waals surface area contributed by atoms with Crippen LogP contribution in [0.1, 0.15) is 49.7 Å². The molecule has 1 amide bonds. The van der Waals surface area contributed by atoms with E-state index in [0.29, 0.717) is 37.5 Å². The van der Waals surface area contributed by atoms with Gasteiger partial charge in [0.15, 0.2) is 0 Å². The van der Waals surface area contributed by atoms with Crippen LogP contribution >= 0.6 is 0 Å². The van der Waals surface area contributed by atoms with E-state index < -0.39 is 17.2 Å². The van der Waals surface area contributed by atoms with Gasteiger partial charge in [-0.3, -0.25) is 4.79 Å². The van der Waals surface area contributed by atoms with E-state index in [1.54, 1.807) is 6.07 Å². The third kappa shape index (κ3) is 3.61. The monoisotopic (exact) mass is 368 g/mol. The second-order valence-corrected chi connectivity index (χ2v) is 7.88. The van der Waals surface area contributed by atoms with Gasteiger partial charge in [-0.2, -0.15) is 13.2 Å². The third-order valence-corrected chi connectivity index (χ3v) is 6.02. The molecule has 1 unspecified atom stereocenters. The van der Waals surface area contributed by atoms with Gasteiger partial charge < -0.3 is 9.80 Å². The SMILES string of the molecule is CN(C)C1CCCN(C(=O)C2(c3cccc(C(F)(F)F)c3)CCCC2)C1. The molecular weight excluding hydrogens is 341 g/mol. The van der Waals surface area contributed by atoms with Crippen molar-refractivity contribution in [2.24, 2.45) is 0 Å². The summed E-state index contributed by atoms with van der Waals surface area (Å²) >= 11 is 0. The molecule has 1 aliphatic carbocycles. The lowest BCUT2D eigenvalue weighted by molar-refractivity contribution is -0.140. The zero-order valence-electron chi connectivity index (χ0n) is 15.5. The first-order chi connectivity index (χ1) is 12.2. The second-order valence-electron chi connectivity index (χ2n) is 7.88. The van der Waals surface area contributed by atoms with Gasteiger partial charge in [0, 0.05) is 19.1 Å². The number of nitrogens with zero attached hydrogens (tertiary/aromatic N) is 2. The molecule has 1 saturated carbocycles. The van der Waals surface area contributed by atoms with Crippen molar-refractivity contribution in [2.45, 2.75) is 56.2 Å². The molecule has 6 heteroatoms. The number of hydrogen-bond donors (Lipinski definition) is 0. The molecule has 26 heavy (non-hydrogen) atoms. The Kier molecular flexibility index (Phi) is 5.33. The summed E-state index contributed by atoms with van der Waals surface area (Å²) in [6, 6.07) is 5.72. The zero-order valence-corrected chi connectivity index (χ0v) is 15.5. The number of likely N-dealkylation sites (N-methyl/N-ethyl adjacent to an activating group) is 1. The number of hydrogen-bond acceptors (Lipinski definition) is 2. The van der Waals surface area contributed by atoms with E-state index in [9.17, 15) is 18.0 Å². The first-order valence-corrected chi connectivity index (χ1v) is 9.37. The number of halogens is 3. The molecule has 1 aliphatic heterocycles. The molecule has 1 heterocycles. The van der Waals surface area contributed by atoms with Crippen molar-refractivity contribution in [3.05, 3.63) is 35.4 Å². The van der Waals surface area contributed by atoms with Crippen LogP contribution in [0.2, 0.25) is 0 Å². The van der Waals surface area contributed by atoms with Crippen molar-refractivity contribution in [2.75, 3.05) is 27.2 Å². The minimum absolute atomic E-state index is 0.0147. The fourth-order valence-corrected chi connectivity index (χ4v) is 4.46. The number of amides is 1. The van der Waals surface area contributed by atoms with E-state index in [4.69, 9.17) is 0 Å². The highest BCUT2D eigenvalue weighted by atomic mass is 19.4. The van der Waals surface area contributed by atoms with Gasteiger partial charge in [0.2, 0.25) is 5.91 Å². The molecule has 0 aromatic heterocycles. The number of likely N-dealkylation sites (tertiary alicyclic amines) is 1. The van der Waals surface area contributed by atoms with E-state index in [0.717, 1.165) is 31.7 Å². The Bertz CT molecular complexity index is 651. The lowest BCUT2D eigenvalue weighted by atomic mass is 9.76. The quantitative estimate of drug-likeness (QED) is 0.803. The average molecular weight is 368 g/mol. The van der Waals surface area contributed by atoms with Gasteiger partial charge in [0.25, 0.3) is 0 Å². The first-order valence-electron chi connectivity index (χ1n) is 9.37. The highest BCUT2D eigenvalue weighted by Gasteiger charge is 2.46. The Balaban J connectivity index is 1.92. The summed E-state index contributed by atoms with van der Waals surface area (Å²) in [6.45, 7) is 1.36. The van der Waals surface area contributed by atoms with E-state index in [1.165, 1.54) is 12.1 Å². The standard InChI is InChI=1S/C20H27F3N2O/c1-24(2)17-9-6-12-25(14-17)18(26)19(10-3-4-11-19)15-7-5-8-16(13-15)20(21,22)23/h5,7-8,13,17H,3-4,6,9-12,14H2,1-2H3. The molecule has 1 saturated heterocycles. The molecule has 1 atom stereocenters. The predicted molar refractivity (Wildman–Crippen MR) is 94.9 cm³/mol. The lowest BCUT2D eigenvalue weighted by Crippen LogP contribution is -2.53. The van der Waals surface area contributed by atoms with Crippen LogP contribution in [0.3, 0.4) is 0 Å². The second kappa shape index (κ2) is 7.22. The maximum Gasteiger partial charge on any atom is 0.416 e. The Hall–Kier alpha value is -1.56. The van der Waals surface area contributed by atoms with Crippen molar-refractivity contribution >= 4 is 5.91 Å². The molecule has 144 valence electrons. The zero-order chi connectivity index (χ0) is 18.9. The molecule has 2 aliphatic rings. The summed E-state index contributed by atoms with van der Waals surface area (Å²) in [6.07, 6.45) is 0.632. The highest BCUT2D eigenvalue weighted by molar-refractivity contribution is 5.89. The smallest absolute Gasteiger partial charge is 0.340 e. The Labute approximate surface area is 153 Å². The van der Waals surface area contributed by atoms with Crippen LogP contribution in [-0.4, -0.2) is 48.9 Å². The molecule has 3 nitrogen and oxygen atoms in total. The Morgan fingerprint density at radius 3 is 2.50 bits per heavy atom. The van der Waals surface area contributed by atoms with Gasteiger partial charge in [-0.1, -0.05) is 31.0 Å². The van der Waals surface area contributed by atoms with Gasteiger partial charge in [-0.15, -0.1) is 0 Å². The largest absolute Gasteiger partial charge is 0.416 e. The molecule has 3 rings (SSSR count). The van der Waals surface area contributed by atoms with Gasteiger partial charge in [-0.05, 0) is 51.4 Å². The molecule has 0 bridgehead atoms. The fraction of sp³-hybridized carbons (Fsp3) is 0.650. The topological polar surface area (TPSA) is 23.6 Å². The van der Waals surface area contributed by atoms with Gasteiger partial charge in [-0.25, -0.2) is 0 Å². The number of alkyl halides is 3. The van der Waals surface area contributed by atoms with Crippen LogP contribution < -0.4 is 0 Å². The van der Waals surface area contributed by atoms with Crippen LogP contribution in [0, 0.1) is 0 Å². The van der Waals surface area contributed by atoms with Crippen LogP contribution in [0.25, 0.3) is 0 Å². The summed E-state index contributed by atoms with van der Waals surface area (Å²) in [5.41, 5.74) is -0.934. The summed E-state index contributed by atoms with van der Waals surface area (Å²) < 4.78 is 39.5. The van der Waals surface area contributed by atoms with E-state index in [1.807, 2.05) is 19.0 Å². The number of carbonyl (C=O) groups is 1. The van der Waals surface area contributed by atoms with Crippen molar-refractivity contribution in [3.8, 4) is 0 Å². The summed E-state index contributed by atoms with van der Waals surface area (Å²) in [5, 5.41) is 0. The normalized spacial score (nSPS) is 23.5. The highest BCUT2D eigenvalue weighted by Crippen LogP contribution is 2.44. The molecular formula is C20H27F3N2O. The summed E-state index contributed by atoms with van der Waals surface area (Å²) in [5.74, 6) is 0.0147. The predicted octanol–water partition coefficient (Wildman–Crippen LogP) is 4.07. The van der Waals surface area contributed by atoms with E-state index in [-0.39, 0.29) is 5.91 Å². The maximum atomic E-state index is 13.5. The summed E-state index contributed by atoms with van der Waals surface area (Å²) in [4.78, 5) is 17.5. The van der Waals surface area contributed by atoms with Crippen LogP contribution in [0.15, 0.2) is 24.3 Å². The molecule has 1 aromatic carbocycles. The van der Waals surface area contributed by atoms with Gasteiger partial charge in [0.1, 0.15) is 0 Å². The number of benzene rings is 1. The summed E-state index contributed by atoms with van der Waals surface area (Å²) in [7, 11) is 4.02. The Morgan fingerprint density at radius 1 is 1.19 bits per heavy atom. The third-order valence-electron chi connectivity index (χ3n) is 6.02. The molecule has 0 spiro atoms. The minimum atomic E-state index is -4.39. The number of rotatable bonds is 3. The number of piperidine rings is 1. The van der Waals surface area contributed by atoms with Crippen LogP contribution in [0.5, 0.6) is 0 Å². The van der Waals surface area contributed by atoms with Crippen molar-refractivity contribution in [3.63, 3.8) is 0 Å². The van der Waals surface area contributed by atoms with Crippen molar-refractivity contribution in [1.29, 1.82) is 0 Å². The minimum Gasteiger partial charge on any atom is -0.340 e. The van der Waals surface area contributed by atoms with Crippen LogP contribution in [-0.2, 0) is 16.4 Å². The molecule has 1 aromatic rings. The first kappa shape index (κ1) is 19.2. The van der Waals surface area contributed by atoms with Crippen LogP contribution in [0.4, 0.5) is 13.2 Å². The molecule has 0 N–H and O–H groups in total. The van der Waals surface area contributed by atoms with Gasteiger partial charge in [0.05, 0.1) is 11.0 Å². The molecule has 0 radical (unpaired) electrons. The van der Waals surface area contributed by atoms with Crippen molar-refractivity contribution in [1.82, 2.24) is 9.80 Å². The Morgan fingerprint density at radius 2 is 1.88 bits per heavy atom. The average Bonchev–Trinajstić information content (AvgIpc) is 3.11. The lowest BCUT2D eigenvalue weighted by Gasteiger charge is -2.41. The maximum absolute atomic E-state index is 13.5. The fourth-order valence-electron chi connectivity index (χ4n) is 4.46.